The summed E-state index contributed by atoms with van der Waals surface area (Å²) >= 11 is 0. The molecule has 1 N–H and O–H groups in total. The van der Waals surface area contributed by atoms with Crippen molar-refractivity contribution >= 4 is 17.4 Å². The Balaban J connectivity index is 2.13. The van der Waals surface area contributed by atoms with Gasteiger partial charge in [0.25, 0.3) is 11.7 Å². The quantitative estimate of drug-likeness (QED) is 0.417. The number of hydrogen-bond acceptors (Lipinski definition) is 5. The van der Waals surface area contributed by atoms with E-state index in [-0.39, 0.29) is 11.3 Å². The molecule has 1 amide bonds. The molecule has 164 valence electrons. The first-order valence-electron chi connectivity index (χ1n) is 10.2. The number of nitrogens with zero attached hydrogens (tertiary/aromatic N) is 2. The molecule has 31 heavy (non-hydrogen) atoms. The Labute approximate surface area is 181 Å². The molecule has 0 aliphatic carbocycles. The van der Waals surface area contributed by atoms with Crippen LogP contribution in [0.4, 0.5) is 4.39 Å². The third kappa shape index (κ3) is 4.61. The predicted molar refractivity (Wildman–Crippen MR) is 116 cm³/mol. The van der Waals surface area contributed by atoms with E-state index in [9.17, 15) is 19.1 Å². The molecule has 1 saturated heterocycles. The topological polar surface area (TPSA) is 70.1 Å². The van der Waals surface area contributed by atoms with E-state index in [0.29, 0.717) is 42.1 Å². The number of likely N-dealkylation sites (N-methyl/N-ethyl adjacent to an activating group) is 1. The van der Waals surface area contributed by atoms with Crippen molar-refractivity contribution in [3.63, 3.8) is 0 Å². The number of carbonyl (C=O) groups is 2. The summed E-state index contributed by atoms with van der Waals surface area (Å²) in [6.45, 7) is 5.01. The van der Waals surface area contributed by atoms with Crippen molar-refractivity contribution in [3.8, 4) is 5.75 Å². The molecule has 6 nitrogen and oxygen atoms in total. The van der Waals surface area contributed by atoms with E-state index in [1.165, 1.54) is 29.2 Å². The second-order valence-corrected chi connectivity index (χ2v) is 7.76. The molecule has 0 aromatic heterocycles. The normalized spacial score (nSPS) is 18.1. The van der Waals surface area contributed by atoms with E-state index in [0.717, 1.165) is 0 Å². The van der Waals surface area contributed by atoms with Crippen LogP contribution in [0.15, 0.2) is 48.0 Å². The fourth-order valence-corrected chi connectivity index (χ4v) is 3.71. The largest absolute Gasteiger partial charge is 0.507 e. The van der Waals surface area contributed by atoms with Crippen LogP contribution in [0.2, 0.25) is 0 Å². The molecular weight excluding hydrogens is 399 g/mol. The van der Waals surface area contributed by atoms with Crippen LogP contribution in [0.3, 0.4) is 0 Å². The monoisotopic (exact) mass is 426 g/mol. The van der Waals surface area contributed by atoms with Gasteiger partial charge in [0.1, 0.15) is 17.3 Å². The lowest BCUT2D eigenvalue weighted by Crippen LogP contribution is -2.35. The number of aryl methyl sites for hydroxylation is 1. The van der Waals surface area contributed by atoms with Gasteiger partial charge < -0.3 is 19.6 Å². The van der Waals surface area contributed by atoms with Crippen molar-refractivity contribution < 1.29 is 23.8 Å². The first-order chi connectivity index (χ1) is 14.7. The van der Waals surface area contributed by atoms with Crippen LogP contribution in [0.1, 0.15) is 29.7 Å². The van der Waals surface area contributed by atoms with E-state index in [1.54, 1.807) is 25.1 Å². The van der Waals surface area contributed by atoms with Gasteiger partial charge in [-0.3, -0.25) is 9.59 Å². The number of rotatable bonds is 7. The zero-order valence-corrected chi connectivity index (χ0v) is 18.2. The van der Waals surface area contributed by atoms with Crippen molar-refractivity contribution in [2.24, 2.45) is 0 Å². The summed E-state index contributed by atoms with van der Waals surface area (Å²) < 4.78 is 19.0. The van der Waals surface area contributed by atoms with Gasteiger partial charge in [-0.1, -0.05) is 12.1 Å². The molecule has 0 saturated carbocycles. The van der Waals surface area contributed by atoms with Crippen LogP contribution in [0, 0.1) is 12.7 Å². The van der Waals surface area contributed by atoms with Crippen LogP contribution < -0.4 is 4.74 Å². The highest BCUT2D eigenvalue weighted by atomic mass is 19.1. The SMILES string of the molecule is CCOc1ccc(C(O)=C2C(=O)C(=O)N(CCN(C)C)[C@@H]2c2ccc(F)cc2)c(C)c1. The minimum absolute atomic E-state index is 0.00243. The van der Waals surface area contributed by atoms with Gasteiger partial charge in [-0.15, -0.1) is 0 Å². The number of aliphatic hydroxyl groups excluding tert-OH is 1. The van der Waals surface area contributed by atoms with Crippen molar-refractivity contribution in [1.29, 1.82) is 0 Å². The maximum Gasteiger partial charge on any atom is 0.295 e. The van der Waals surface area contributed by atoms with Crippen LogP contribution in [0.25, 0.3) is 5.76 Å². The second-order valence-electron chi connectivity index (χ2n) is 7.76. The lowest BCUT2D eigenvalue weighted by molar-refractivity contribution is -0.140. The molecule has 7 heteroatoms. The second kappa shape index (κ2) is 9.31. The summed E-state index contributed by atoms with van der Waals surface area (Å²) in [6.07, 6.45) is 0. The zero-order chi connectivity index (χ0) is 22.7. The first kappa shape index (κ1) is 22.5. The zero-order valence-electron chi connectivity index (χ0n) is 18.2. The predicted octanol–water partition coefficient (Wildman–Crippen LogP) is 3.52. The van der Waals surface area contributed by atoms with Crippen LogP contribution in [-0.4, -0.2) is 60.4 Å². The Morgan fingerprint density at radius 2 is 1.84 bits per heavy atom. The lowest BCUT2D eigenvalue weighted by Gasteiger charge is -2.26. The van der Waals surface area contributed by atoms with Gasteiger partial charge in [0, 0.05) is 18.7 Å². The van der Waals surface area contributed by atoms with Gasteiger partial charge in [0.15, 0.2) is 0 Å². The van der Waals surface area contributed by atoms with E-state index >= 15 is 0 Å². The first-order valence-corrected chi connectivity index (χ1v) is 10.2. The Kier molecular flexibility index (Phi) is 6.75. The number of hydrogen-bond donors (Lipinski definition) is 1. The molecule has 0 unspecified atom stereocenters. The third-order valence-corrected chi connectivity index (χ3v) is 5.28. The minimum atomic E-state index is -0.800. The fraction of sp³-hybridized carbons (Fsp3) is 0.333. The Bertz CT molecular complexity index is 1010. The van der Waals surface area contributed by atoms with Crippen molar-refractivity contribution in [2.75, 3.05) is 33.8 Å². The molecular formula is C24H27FN2O4. The summed E-state index contributed by atoms with van der Waals surface area (Å²) in [4.78, 5) is 29.2. The Morgan fingerprint density at radius 3 is 2.42 bits per heavy atom. The van der Waals surface area contributed by atoms with E-state index in [2.05, 4.69) is 0 Å². The molecule has 2 aromatic carbocycles. The standard InChI is InChI=1S/C24H27FN2O4/c1-5-31-18-10-11-19(15(2)14-18)22(28)20-21(16-6-8-17(25)9-7-16)27(13-12-26(3)4)24(30)23(20)29/h6-11,14,21,28H,5,12-13H2,1-4H3/t21-/m1/s1. The highest BCUT2D eigenvalue weighted by Gasteiger charge is 2.46. The van der Waals surface area contributed by atoms with Gasteiger partial charge >= 0.3 is 0 Å². The third-order valence-electron chi connectivity index (χ3n) is 5.28. The number of likely N-dealkylation sites (tertiary alicyclic amines) is 1. The summed E-state index contributed by atoms with van der Waals surface area (Å²) in [5, 5.41) is 11.1. The number of Topliss-reactive ketones (excluding diaryl/α,β-unsaturated/α-hetero) is 1. The number of amides is 1. The van der Waals surface area contributed by atoms with Crippen molar-refractivity contribution in [1.82, 2.24) is 9.80 Å². The molecule has 0 spiro atoms. The summed E-state index contributed by atoms with van der Waals surface area (Å²) in [5.41, 5.74) is 1.72. The maximum atomic E-state index is 13.5. The van der Waals surface area contributed by atoms with Crippen LogP contribution in [0.5, 0.6) is 5.75 Å². The van der Waals surface area contributed by atoms with Gasteiger partial charge in [-0.2, -0.15) is 0 Å². The molecule has 2 aromatic rings. The molecule has 1 aliphatic rings. The van der Waals surface area contributed by atoms with Gasteiger partial charge in [0.2, 0.25) is 0 Å². The highest BCUT2D eigenvalue weighted by Crippen LogP contribution is 2.40. The fourth-order valence-electron chi connectivity index (χ4n) is 3.71. The Morgan fingerprint density at radius 1 is 1.16 bits per heavy atom. The van der Waals surface area contributed by atoms with Crippen molar-refractivity contribution in [3.05, 3.63) is 70.5 Å². The summed E-state index contributed by atoms with van der Waals surface area (Å²) in [6, 6.07) is 9.98. The molecule has 1 heterocycles. The number of ether oxygens (including phenoxy) is 1. The molecule has 0 bridgehead atoms. The molecule has 1 atom stereocenters. The van der Waals surface area contributed by atoms with Crippen molar-refractivity contribution in [2.45, 2.75) is 19.9 Å². The summed E-state index contributed by atoms with van der Waals surface area (Å²) in [7, 11) is 3.74. The Hall–Kier alpha value is -3.19. The number of aliphatic hydroxyl groups is 1. The number of benzene rings is 2. The van der Waals surface area contributed by atoms with E-state index < -0.39 is 23.5 Å². The maximum absolute atomic E-state index is 13.5. The van der Waals surface area contributed by atoms with Crippen LogP contribution >= 0.6 is 0 Å². The van der Waals surface area contributed by atoms with Crippen LogP contribution in [-0.2, 0) is 9.59 Å². The average Bonchev–Trinajstić information content (AvgIpc) is 2.97. The molecule has 1 fully saturated rings. The number of ketones is 1. The average molecular weight is 426 g/mol. The van der Waals surface area contributed by atoms with E-state index in [1.807, 2.05) is 25.9 Å². The van der Waals surface area contributed by atoms with Gasteiger partial charge in [-0.25, -0.2) is 4.39 Å². The minimum Gasteiger partial charge on any atom is -0.507 e. The lowest BCUT2D eigenvalue weighted by atomic mass is 9.94. The molecule has 0 radical (unpaired) electrons. The number of carbonyl (C=O) groups excluding carboxylic acids is 2. The molecule has 3 rings (SSSR count). The smallest absolute Gasteiger partial charge is 0.295 e. The molecule has 1 aliphatic heterocycles. The summed E-state index contributed by atoms with van der Waals surface area (Å²) in [5.74, 6) is -1.45. The number of halogens is 1. The highest BCUT2D eigenvalue weighted by molar-refractivity contribution is 6.46. The van der Waals surface area contributed by atoms with E-state index in [4.69, 9.17) is 4.74 Å². The van der Waals surface area contributed by atoms with Gasteiger partial charge in [0.05, 0.1) is 18.2 Å². The van der Waals surface area contributed by atoms with Gasteiger partial charge in [-0.05, 0) is 69.4 Å².